The number of phenolic OH excluding ortho intramolecular Hbond substituents is 2. The van der Waals surface area contributed by atoms with Crippen LogP contribution in [0.1, 0.15) is 127 Å². The van der Waals surface area contributed by atoms with Gasteiger partial charge in [-0.1, -0.05) is 74.0 Å². The second-order valence-corrected chi connectivity index (χ2v) is 16.4. The molecule has 67 heavy (non-hydrogen) atoms. The van der Waals surface area contributed by atoms with E-state index in [1.807, 2.05) is 6.92 Å². The fourth-order valence-electron chi connectivity index (χ4n) is 8.68. The fourth-order valence-corrected chi connectivity index (χ4v) is 8.68. The van der Waals surface area contributed by atoms with E-state index in [2.05, 4.69) is 0 Å². The number of carbonyl (C=O) groups excluding carboxylic acids is 7. The minimum Gasteiger partial charge on any atom is -0.507 e. The van der Waals surface area contributed by atoms with Gasteiger partial charge in [-0.05, 0) is 19.4 Å². The minimum absolute atomic E-state index is 0.00489. The van der Waals surface area contributed by atoms with Crippen LogP contribution in [0.5, 0.6) is 17.2 Å². The number of rotatable bonds is 10. The maximum atomic E-state index is 13.9. The van der Waals surface area contributed by atoms with E-state index in [0.717, 1.165) is 0 Å². The predicted octanol–water partition coefficient (Wildman–Crippen LogP) is 4.92. The Morgan fingerprint density at radius 3 is 1.94 bits per heavy atom. The van der Waals surface area contributed by atoms with E-state index in [-0.39, 0.29) is 46.0 Å². The molecule has 1 fully saturated rings. The van der Waals surface area contributed by atoms with E-state index in [4.69, 9.17) is 18.9 Å². The van der Waals surface area contributed by atoms with E-state index in [1.54, 1.807) is 53.8 Å². The summed E-state index contributed by atoms with van der Waals surface area (Å²) in [7, 11) is 1.25. The predicted molar refractivity (Wildman–Crippen MR) is 225 cm³/mol. The van der Waals surface area contributed by atoms with Crippen molar-refractivity contribution < 1.29 is 86.1 Å². The molecule has 352 valence electrons. The second kappa shape index (κ2) is 18.8. The molecule has 0 bridgehead atoms. The molecule has 5 N–H and O–H groups in total. The summed E-state index contributed by atoms with van der Waals surface area (Å²) in [4.78, 5) is 89.1. The number of methoxy groups -OCH3 is 1. The van der Waals surface area contributed by atoms with Gasteiger partial charge in [0.25, 0.3) is 0 Å². The highest BCUT2D eigenvalue weighted by molar-refractivity contribution is 6.31. The molecule has 3 aliphatic carbocycles. The van der Waals surface area contributed by atoms with Crippen molar-refractivity contribution in [3.05, 3.63) is 122 Å². The van der Waals surface area contributed by atoms with Gasteiger partial charge in [0.2, 0.25) is 11.6 Å². The zero-order valence-corrected chi connectivity index (χ0v) is 36.1. The SMILES string of the molecule is CCCCC(=O)OCC(=O)[C@]1(O)Cc2c(O)c3c(c(O)c2[C@@H](OC2CC(NC(=O)C(F)(F)F)C(O)C(C)O2)C1)C(=O)c1c(OC)cccc1C3=O.O=C1c2ccccc2C(=O)c2ccccc21. The summed E-state index contributed by atoms with van der Waals surface area (Å²) in [5.74, 6) is -7.78. The normalized spacial score (nSPS) is 22.7. The summed E-state index contributed by atoms with van der Waals surface area (Å²) in [6, 6.07) is 16.5. The Kier molecular flexibility index (Phi) is 13.5. The van der Waals surface area contributed by atoms with Crippen LogP contribution in [0.15, 0.2) is 66.7 Å². The first-order chi connectivity index (χ1) is 31.7. The minimum atomic E-state index is -5.29. The maximum absolute atomic E-state index is 13.9. The lowest BCUT2D eigenvalue weighted by Gasteiger charge is -2.43. The maximum Gasteiger partial charge on any atom is 0.471 e. The van der Waals surface area contributed by atoms with Crippen molar-refractivity contribution in [3.8, 4) is 17.2 Å². The van der Waals surface area contributed by atoms with Gasteiger partial charge in [-0.25, -0.2) is 0 Å². The van der Waals surface area contributed by atoms with Crippen molar-refractivity contribution in [1.29, 1.82) is 0 Å². The number of alkyl halides is 3. The number of fused-ring (bicyclic) bond motifs is 5. The van der Waals surface area contributed by atoms with Gasteiger partial charge >= 0.3 is 18.1 Å². The van der Waals surface area contributed by atoms with Crippen LogP contribution in [-0.2, 0) is 35.0 Å². The van der Waals surface area contributed by atoms with Crippen LogP contribution in [0.4, 0.5) is 13.2 Å². The van der Waals surface area contributed by atoms with Crippen molar-refractivity contribution in [2.45, 2.75) is 94.8 Å². The highest BCUT2D eigenvalue weighted by Crippen LogP contribution is 2.52. The average molecular weight is 932 g/mol. The molecule has 16 nitrogen and oxygen atoms in total. The van der Waals surface area contributed by atoms with Crippen LogP contribution in [0.2, 0.25) is 0 Å². The summed E-state index contributed by atoms with van der Waals surface area (Å²) >= 11 is 0. The zero-order valence-electron chi connectivity index (χ0n) is 36.1. The van der Waals surface area contributed by atoms with Crippen molar-refractivity contribution in [1.82, 2.24) is 5.32 Å². The number of hydrogen-bond acceptors (Lipinski definition) is 15. The Labute approximate surface area is 379 Å². The molecule has 4 unspecified atom stereocenters. The van der Waals surface area contributed by atoms with Gasteiger partial charge in [0.1, 0.15) is 29.0 Å². The third-order valence-electron chi connectivity index (χ3n) is 12.1. The molecular formula is C48H44F3NO15. The molecule has 4 aromatic carbocycles. The Morgan fingerprint density at radius 1 is 0.821 bits per heavy atom. The highest BCUT2D eigenvalue weighted by atomic mass is 19.4. The quantitative estimate of drug-likeness (QED) is 0.0903. The number of benzene rings is 4. The molecule has 0 aromatic heterocycles. The standard InChI is InChI=1S/C34H36F3NO13.C14H8O2/c1-4-5-9-21(40)49-13-20(39)33(47)11-16-24(19(12-33)51-22-10-17(27(41)14(2)50-22)38-32(46)34(35,36)37)31(45)26-25(29(16)43)28(42)15-7-6-8-18(48-3)23(15)30(26)44;15-13-9-5-1-2-6-10(9)14(16)12-8-4-3-7-11(12)13/h6-8,14,17,19,22,27,41,43,45,47H,4-5,9-13H2,1-3H3,(H,38,46);1-8H/t14?,17?,19-,22?,27?,33-;/m0./s1. The number of carbonyl (C=O) groups is 7. The van der Waals surface area contributed by atoms with Gasteiger partial charge in [-0.3, -0.25) is 33.6 Å². The molecular weight excluding hydrogens is 888 g/mol. The number of amides is 1. The van der Waals surface area contributed by atoms with Crippen LogP contribution in [0, 0.1) is 0 Å². The summed E-state index contributed by atoms with van der Waals surface area (Å²) in [5.41, 5.74) is -2.83. The van der Waals surface area contributed by atoms with Crippen LogP contribution in [-0.4, -0.2) is 111 Å². The summed E-state index contributed by atoms with van der Waals surface area (Å²) < 4.78 is 61.1. The molecule has 1 saturated heterocycles. The molecule has 1 amide bonds. The average Bonchev–Trinajstić information content (AvgIpc) is 3.30. The monoisotopic (exact) mass is 931 g/mol. The number of aromatic hydroxyl groups is 2. The van der Waals surface area contributed by atoms with Crippen LogP contribution >= 0.6 is 0 Å². The Balaban J connectivity index is 0.000000346. The molecule has 0 radical (unpaired) electrons. The molecule has 8 rings (SSSR count). The summed E-state index contributed by atoms with van der Waals surface area (Å²) in [6.45, 7) is 2.21. The van der Waals surface area contributed by atoms with E-state index < -0.39 is 120 Å². The van der Waals surface area contributed by atoms with Crippen molar-refractivity contribution >= 4 is 40.8 Å². The van der Waals surface area contributed by atoms with E-state index >= 15 is 0 Å². The zero-order chi connectivity index (χ0) is 48.7. The first-order valence-electron chi connectivity index (χ1n) is 21.1. The Hall–Kier alpha value is -6.80. The van der Waals surface area contributed by atoms with Crippen LogP contribution in [0.25, 0.3) is 0 Å². The van der Waals surface area contributed by atoms with E-state index in [0.29, 0.717) is 35.1 Å². The Bertz CT molecular complexity index is 2610. The number of aliphatic hydroxyl groups is 2. The number of aliphatic hydroxyl groups excluding tert-OH is 1. The lowest BCUT2D eigenvalue weighted by Crippen LogP contribution is -2.57. The lowest BCUT2D eigenvalue weighted by molar-refractivity contribution is -0.250. The molecule has 0 saturated carbocycles. The van der Waals surface area contributed by atoms with Gasteiger partial charge < -0.3 is 44.7 Å². The van der Waals surface area contributed by atoms with E-state index in [9.17, 15) is 67.2 Å². The smallest absolute Gasteiger partial charge is 0.471 e. The van der Waals surface area contributed by atoms with Crippen molar-refractivity contribution in [2.24, 2.45) is 0 Å². The van der Waals surface area contributed by atoms with Crippen LogP contribution in [0.3, 0.4) is 0 Å². The number of halogens is 3. The van der Waals surface area contributed by atoms with Crippen molar-refractivity contribution in [2.75, 3.05) is 13.7 Å². The van der Waals surface area contributed by atoms with Crippen molar-refractivity contribution in [3.63, 3.8) is 0 Å². The van der Waals surface area contributed by atoms with Gasteiger partial charge in [-0.15, -0.1) is 0 Å². The molecule has 4 aliphatic rings. The molecule has 1 heterocycles. The first-order valence-corrected chi connectivity index (χ1v) is 21.1. The molecule has 1 aliphatic heterocycles. The molecule has 0 spiro atoms. The number of unbranched alkanes of at least 4 members (excludes halogenated alkanes) is 1. The number of Topliss-reactive ketones (excluding diaryl/α,β-unsaturated/α-hetero) is 1. The number of esters is 1. The number of nitrogens with one attached hydrogen (secondary N) is 1. The van der Waals surface area contributed by atoms with Crippen LogP contribution < -0.4 is 10.1 Å². The first kappa shape index (κ1) is 48.1. The fraction of sp³-hybridized carbons (Fsp3) is 0.354. The largest absolute Gasteiger partial charge is 0.507 e. The topological polar surface area (TPSA) is 249 Å². The molecule has 4 aromatic rings. The number of ketones is 5. The Morgan fingerprint density at radius 2 is 1.39 bits per heavy atom. The van der Waals surface area contributed by atoms with Gasteiger partial charge in [0.05, 0.1) is 42.0 Å². The lowest BCUT2D eigenvalue weighted by atomic mass is 9.72. The third-order valence-corrected chi connectivity index (χ3v) is 12.1. The summed E-state index contributed by atoms with van der Waals surface area (Å²) in [6.07, 6.45) is -12.3. The molecule has 19 heteroatoms. The van der Waals surface area contributed by atoms with E-state index in [1.165, 1.54) is 32.2 Å². The van der Waals surface area contributed by atoms with Gasteiger partial charge in [0.15, 0.2) is 30.2 Å². The van der Waals surface area contributed by atoms with Gasteiger partial charge in [-0.2, -0.15) is 13.2 Å². The molecule has 6 atom stereocenters. The van der Waals surface area contributed by atoms with Gasteiger partial charge in [0, 0.05) is 64.6 Å². The number of phenols is 2. The number of ether oxygens (including phenoxy) is 4. The summed E-state index contributed by atoms with van der Waals surface area (Å²) in [5, 5.41) is 47.2. The third kappa shape index (κ3) is 9.06. The second-order valence-electron chi connectivity index (χ2n) is 16.4. The highest BCUT2D eigenvalue weighted by Gasteiger charge is 2.51. The number of hydrogen-bond donors (Lipinski definition) is 5.